The van der Waals surface area contributed by atoms with E-state index < -0.39 is 5.97 Å². The van der Waals surface area contributed by atoms with Gasteiger partial charge >= 0.3 is 5.97 Å². The van der Waals surface area contributed by atoms with Crippen molar-refractivity contribution in [1.82, 2.24) is 9.97 Å². The number of benzene rings is 1. The van der Waals surface area contributed by atoms with E-state index >= 15 is 0 Å². The van der Waals surface area contributed by atoms with Crippen LogP contribution in [-0.4, -0.2) is 21.0 Å². The second kappa shape index (κ2) is 5.77. The number of hydrogen-bond donors (Lipinski definition) is 2. The lowest BCUT2D eigenvalue weighted by Gasteiger charge is -2.03. The van der Waals surface area contributed by atoms with Gasteiger partial charge in [-0.25, -0.2) is 14.8 Å². The van der Waals surface area contributed by atoms with Crippen LogP contribution in [0.2, 0.25) is 0 Å². The first kappa shape index (κ1) is 12.8. The molecule has 0 bridgehead atoms. The van der Waals surface area contributed by atoms with Gasteiger partial charge in [0, 0.05) is 30.0 Å². The minimum atomic E-state index is -0.958. The molecule has 5 heteroatoms. The number of aromatic nitrogens is 2. The van der Waals surface area contributed by atoms with Gasteiger partial charge in [-0.2, -0.15) is 0 Å². The van der Waals surface area contributed by atoms with Gasteiger partial charge in [-0.3, -0.25) is 0 Å². The third-order valence-electron chi connectivity index (χ3n) is 2.54. The number of nitrogens with zero attached hydrogens (tertiary/aromatic N) is 2. The van der Waals surface area contributed by atoms with E-state index in [0.29, 0.717) is 12.0 Å². The Kier molecular flexibility index (Phi) is 3.87. The third kappa shape index (κ3) is 3.64. The van der Waals surface area contributed by atoms with Crippen LogP contribution in [0.15, 0.2) is 48.3 Å². The van der Waals surface area contributed by atoms with Gasteiger partial charge in [0.15, 0.2) is 0 Å². The molecule has 2 rings (SSSR count). The fraction of sp³-hybridized carbons (Fsp3) is 0.0714. The highest BCUT2D eigenvalue weighted by molar-refractivity contribution is 5.92. The maximum Gasteiger partial charge on any atom is 0.331 e. The molecule has 0 saturated heterocycles. The number of carboxylic acids is 1. The van der Waals surface area contributed by atoms with Gasteiger partial charge < -0.3 is 10.8 Å². The molecule has 0 unspecified atom stereocenters. The molecule has 0 aliphatic carbocycles. The van der Waals surface area contributed by atoms with Crippen LogP contribution in [-0.2, 0) is 11.2 Å². The molecule has 0 atom stereocenters. The number of nitrogens with two attached hydrogens (primary N) is 1. The van der Waals surface area contributed by atoms with Crippen molar-refractivity contribution in [3.05, 3.63) is 59.4 Å². The number of nitrogen functional groups attached to an aromatic ring is 1. The number of anilines is 1. The van der Waals surface area contributed by atoms with E-state index in [-0.39, 0.29) is 11.5 Å². The third-order valence-corrected chi connectivity index (χ3v) is 2.54. The standard InChI is InChI=1S/C14H13N3O2/c15-14-16-8-11(9-17-14)7-12(13(18)19)6-10-4-2-1-3-5-10/h1-5,7-9H,6H2,(H,18,19)(H2,15,16,17)/b12-7+. The summed E-state index contributed by atoms with van der Waals surface area (Å²) in [5, 5.41) is 9.22. The van der Waals surface area contributed by atoms with Crippen molar-refractivity contribution in [2.45, 2.75) is 6.42 Å². The molecule has 0 radical (unpaired) electrons. The lowest BCUT2D eigenvalue weighted by molar-refractivity contribution is -0.132. The van der Waals surface area contributed by atoms with E-state index in [1.165, 1.54) is 12.4 Å². The zero-order valence-electron chi connectivity index (χ0n) is 10.2. The van der Waals surface area contributed by atoms with Crippen molar-refractivity contribution in [2.75, 3.05) is 5.73 Å². The topological polar surface area (TPSA) is 89.1 Å². The van der Waals surface area contributed by atoms with Gasteiger partial charge in [0.25, 0.3) is 0 Å². The lowest BCUT2D eigenvalue weighted by atomic mass is 10.0. The normalized spacial score (nSPS) is 11.3. The van der Waals surface area contributed by atoms with Crippen molar-refractivity contribution >= 4 is 18.0 Å². The smallest absolute Gasteiger partial charge is 0.331 e. The van der Waals surface area contributed by atoms with E-state index in [1.54, 1.807) is 6.08 Å². The predicted molar refractivity (Wildman–Crippen MR) is 72.2 cm³/mol. The number of rotatable bonds is 4. The van der Waals surface area contributed by atoms with Crippen molar-refractivity contribution in [3.8, 4) is 0 Å². The van der Waals surface area contributed by atoms with Crippen LogP contribution >= 0.6 is 0 Å². The van der Waals surface area contributed by atoms with Gasteiger partial charge in [0.05, 0.1) is 0 Å². The molecule has 1 heterocycles. The molecule has 1 aromatic carbocycles. The summed E-state index contributed by atoms with van der Waals surface area (Å²) < 4.78 is 0. The Morgan fingerprint density at radius 2 is 1.84 bits per heavy atom. The molecule has 3 N–H and O–H groups in total. The van der Waals surface area contributed by atoms with Crippen molar-refractivity contribution in [1.29, 1.82) is 0 Å². The zero-order chi connectivity index (χ0) is 13.7. The van der Waals surface area contributed by atoms with Crippen LogP contribution in [0.5, 0.6) is 0 Å². The van der Waals surface area contributed by atoms with Crippen LogP contribution in [0.1, 0.15) is 11.1 Å². The summed E-state index contributed by atoms with van der Waals surface area (Å²) in [5.41, 5.74) is 7.21. The summed E-state index contributed by atoms with van der Waals surface area (Å²) in [4.78, 5) is 18.9. The number of carboxylic acid groups (broad SMARTS) is 1. The number of hydrogen-bond acceptors (Lipinski definition) is 4. The van der Waals surface area contributed by atoms with Crippen molar-refractivity contribution < 1.29 is 9.90 Å². The Labute approximate surface area is 110 Å². The Morgan fingerprint density at radius 3 is 2.42 bits per heavy atom. The van der Waals surface area contributed by atoms with Gasteiger partial charge in [0.2, 0.25) is 5.95 Å². The Morgan fingerprint density at radius 1 is 1.21 bits per heavy atom. The quantitative estimate of drug-likeness (QED) is 0.813. The number of carbonyl (C=O) groups is 1. The second-order valence-electron chi connectivity index (χ2n) is 4.01. The second-order valence-corrected chi connectivity index (χ2v) is 4.01. The van der Waals surface area contributed by atoms with Gasteiger partial charge in [-0.1, -0.05) is 30.3 Å². The SMILES string of the molecule is Nc1ncc(/C=C(\Cc2ccccc2)C(=O)O)cn1. The highest BCUT2D eigenvalue weighted by Crippen LogP contribution is 2.12. The van der Waals surface area contributed by atoms with E-state index in [1.807, 2.05) is 30.3 Å². The maximum atomic E-state index is 11.2. The summed E-state index contributed by atoms with van der Waals surface area (Å²) in [7, 11) is 0. The van der Waals surface area contributed by atoms with Crippen LogP contribution < -0.4 is 5.73 Å². The first-order valence-electron chi connectivity index (χ1n) is 5.70. The first-order valence-corrected chi connectivity index (χ1v) is 5.70. The van der Waals surface area contributed by atoms with Crippen molar-refractivity contribution in [3.63, 3.8) is 0 Å². The highest BCUT2D eigenvalue weighted by atomic mass is 16.4. The first-order chi connectivity index (χ1) is 9.15. The Bertz CT molecular complexity index is 592. The zero-order valence-corrected chi connectivity index (χ0v) is 10.2. The molecular weight excluding hydrogens is 242 g/mol. The predicted octanol–water partition coefficient (Wildman–Crippen LogP) is 1.77. The molecule has 19 heavy (non-hydrogen) atoms. The monoisotopic (exact) mass is 255 g/mol. The molecular formula is C14H13N3O2. The molecule has 0 amide bonds. The summed E-state index contributed by atoms with van der Waals surface area (Å²) in [5.74, 6) is -0.794. The molecule has 0 saturated carbocycles. The van der Waals surface area contributed by atoms with Crippen molar-refractivity contribution in [2.24, 2.45) is 0 Å². The van der Waals surface area contributed by atoms with E-state index in [0.717, 1.165) is 5.56 Å². The van der Waals surface area contributed by atoms with E-state index in [9.17, 15) is 9.90 Å². The van der Waals surface area contributed by atoms with Gasteiger partial charge in [-0.05, 0) is 11.6 Å². The van der Waals surface area contributed by atoms with Crippen LogP contribution in [0.25, 0.3) is 6.08 Å². The highest BCUT2D eigenvalue weighted by Gasteiger charge is 2.08. The van der Waals surface area contributed by atoms with Crippen LogP contribution in [0.4, 0.5) is 5.95 Å². The minimum Gasteiger partial charge on any atom is -0.478 e. The molecule has 5 nitrogen and oxygen atoms in total. The average molecular weight is 255 g/mol. The fourth-order valence-corrected chi connectivity index (χ4v) is 1.63. The molecule has 0 spiro atoms. The maximum absolute atomic E-state index is 11.2. The summed E-state index contributed by atoms with van der Waals surface area (Å²) >= 11 is 0. The summed E-state index contributed by atoms with van der Waals surface area (Å²) in [6, 6.07) is 9.41. The molecule has 96 valence electrons. The molecule has 0 aliphatic rings. The van der Waals surface area contributed by atoms with Crippen LogP contribution in [0, 0.1) is 0 Å². The molecule has 2 aromatic rings. The van der Waals surface area contributed by atoms with Gasteiger partial charge in [0.1, 0.15) is 0 Å². The molecule has 0 aliphatic heterocycles. The van der Waals surface area contributed by atoms with Gasteiger partial charge in [-0.15, -0.1) is 0 Å². The minimum absolute atomic E-state index is 0.164. The van der Waals surface area contributed by atoms with Crippen LogP contribution in [0.3, 0.4) is 0 Å². The number of aliphatic carboxylic acids is 1. The Hall–Kier alpha value is -2.69. The molecule has 1 aromatic heterocycles. The molecule has 0 fully saturated rings. The largest absolute Gasteiger partial charge is 0.478 e. The average Bonchev–Trinajstić information content (AvgIpc) is 2.41. The summed E-state index contributed by atoms with van der Waals surface area (Å²) in [6.07, 6.45) is 4.89. The summed E-state index contributed by atoms with van der Waals surface area (Å²) in [6.45, 7) is 0. The van der Waals surface area contributed by atoms with E-state index in [2.05, 4.69) is 9.97 Å². The lowest BCUT2D eigenvalue weighted by Crippen LogP contribution is -2.04. The Balaban J connectivity index is 2.25. The fourth-order valence-electron chi connectivity index (χ4n) is 1.63. The van der Waals surface area contributed by atoms with E-state index in [4.69, 9.17) is 5.73 Å².